The minimum atomic E-state index is 0.435. The third-order valence-electron chi connectivity index (χ3n) is 4.07. The van der Waals surface area contributed by atoms with Crippen LogP contribution < -0.4 is 10.6 Å². The van der Waals surface area contributed by atoms with Gasteiger partial charge < -0.3 is 15.4 Å². The van der Waals surface area contributed by atoms with Crippen LogP contribution in [-0.4, -0.2) is 32.3 Å². The summed E-state index contributed by atoms with van der Waals surface area (Å²) < 4.78 is 5.44. The second-order valence-corrected chi connectivity index (χ2v) is 5.46. The number of para-hydroxylation sites is 1. The minimum absolute atomic E-state index is 0.435. The van der Waals surface area contributed by atoms with Gasteiger partial charge >= 0.3 is 0 Å². The number of benzene rings is 1. The SMILES string of the molecule is COCC(CCCN)N1c2ccccc2CCC1C. The first kappa shape index (κ1) is 14.4. The first-order valence-corrected chi connectivity index (χ1v) is 7.33. The van der Waals surface area contributed by atoms with Crippen LogP contribution in [-0.2, 0) is 11.2 Å². The molecule has 1 aliphatic heterocycles. The van der Waals surface area contributed by atoms with Crippen molar-refractivity contribution in [2.75, 3.05) is 25.2 Å². The van der Waals surface area contributed by atoms with Crippen LogP contribution >= 0.6 is 0 Å². The lowest BCUT2D eigenvalue weighted by Gasteiger charge is -2.42. The van der Waals surface area contributed by atoms with Crippen LogP contribution in [0.2, 0.25) is 0 Å². The second kappa shape index (κ2) is 6.92. The zero-order valence-electron chi connectivity index (χ0n) is 12.1. The number of ether oxygens (including phenoxy) is 1. The Labute approximate surface area is 116 Å². The molecule has 0 fully saturated rings. The molecule has 0 saturated carbocycles. The number of hydrogen-bond acceptors (Lipinski definition) is 3. The molecule has 3 heteroatoms. The largest absolute Gasteiger partial charge is 0.383 e. The lowest BCUT2D eigenvalue weighted by Crippen LogP contribution is -2.47. The number of hydrogen-bond donors (Lipinski definition) is 1. The maximum absolute atomic E-state index is 5.67. The average Bonchev–Trinajstić information content (AvgIpc) is 2.44. The highest BCUT2D eigenvalue weighted by Crippen LogP contribution is 2.33. The molecule has 0 spiro atoms. The van der Waals surface area contributed by atoms with Crippen molar-refractivity contribution in [1.29, 1.82) is 0 Å². The minimum Gasteiger partial charge on any atom is -0.383 e. The zero-order valence-corrected chi connectivity index (χ0v) is 12.1. The molecule has 2 atom stereocenters. The van der Waals surface area contributed by atoms with Gasteiger partial charge in [0.1, 0.15) is 0 Å². The molecule has 106 valence electrons. The molecule has 2 N–H and O–H groups in total. The van der Waals surface area contributed by atoms with Gasteiger partial charge in [0, 0.05) is 18.8 Å². The van der Waals surface area contributed by atoms with Crippen LogP contribution in [0, 0.1) is 0 Å². The van der Waals surface area contributed by atoms with Crippen molar-refractivity contribution in [2.24, 2.45) is 5.73 Å². The number of nitrogens with two attached hydrogens (primary N) is 1. The Morgan fingerprint density at radius 2 is 2.21 bits per heavy atom. The normalized spacial score (nSPS) is 20.2. The third kappa shape index (κ3) is 3.28. The van der Waals surface area contributed by atoms with Crippen molar-refractivity contribution in [1.82, 2.24) is 0 Å². The summed E-state index contributed by atoms with van der Waals surface area (Å²) in [7, 11) is 1.79. The molecule has 1 aliphatic rings. The predicted molar refractivity (Wildman–Crippen MR) is 80.7 cm³/mol. The van der Waals surface area contributed by atoms with E-state index in [1.165, 1.54) is 24.1 Å². The van der Waals surface area contributed by atoms with E-state index >= 15 is 0 Å². The summed E-state index contributed by atoms with van der Waals surface area (Å²) in [4.78, 5) is 2.55. The molecule has 0 aliphatic carbocycles. The Kier molecular flexibility index (Phi) is 5.23. The first-order chi connectivity index (χ1) is 9.27. The summed E-state index contributed by atoms with van der Waals surface area (Å²) in [6.45, 7) is 3.85. The van der Waals surface area contributed by atoms with Gasteiger partial charge in [0.15, 0.2) is 0 Å². The molecule has 19 heavy (non-hydrogen) atoms. The molecular formula is C16H26N2O. The Morgan fingerprint density at radius 1 is 1.42 bits per heavy atom. The number of rotatable bonds is 6. The highest BCUT2D eigenvalue weighted by molar-refractivity contribution is 5.57. The van der Waals surface area contributed by atoms with Crippen LogP contribution in [0.25, 0.3) is 0 Å². The van der Waals surface area contributed by atoms with E-state index in [0.29, 0.717) is 12.1 Å². The van der Waals surface area contributed by atoms with E-state index in [4.69, 9.17) is 10.5 Å². The van der Waals surface area contributed by atoms with Crippen LogP contribution in [0.15, 0.2) is 24.3 Å². The molecule has 0 aromatic heterocycles. The average molecular weight is 262 g/mol. The molecular weight excluding hydrogens is 236 g/mol. The van der Waals surface area contributed by atoms with Gasteiger partial charge in [-0.25, -0.2) is 0 Å². The van der Waals surface area contributed by atoms with Crippen LogP contribution in [0.3, 0.4) is 0 Å². The molecule has 3 nitrogen and oxygen atoms in total. The standard InChI is InChI=1S/C16H26N2O/c1-13-9-10-14-6-3-4-8-16(14)18(13)15(12-19-2)7-5-11-17/h3-4,6,8,13,15H,5,7,9-12,17H2,1-2H3. The molecule has 0 radical (unpaired) electrons. The lowest BCUT2D eigenvalue weighted by molar-refractivity contribution is 0.168. The fraction of sp³-hybridized carbons (Fsp3) is 0.625. The van der Waals surface area contributed by atoms with Crippen molar-refractivity contribution in [3.8, 4) is 0 Å². The Bertz CT molecular complexity index is 394. The van der Waals surface area contributed by atoms with Gasteiger partial charge in [-0.3, -0.25) is 0 Å². The fourth-order valence-corrected chi connectivity index (χ4v) is 3.12. The van der Waals surface area contributed by atoms with E-state index in [1.54, 1.807) is 7.11 Å². The quantitative estimate of drug-likeness (QED) is 0.856. The van der Waals surface area contributed by atoms with E-state index in [-0.39, 0.29) is 0 Å². The monoisotopic (exact) mass is 262 g/mol. The molecule has 2 unspecified atom stereocenters. The van der Waals surface area contributed by atoms with Gasteiger partial charge in [-0.2, -0.15) is 0 Å². The van der Waals surface area contributed by atoms with Gasteiger partial charge in [0.05, 0.1) is 12.6 Å². The van der Waals surface area contributed by atoms with Crippen molar-refractivity contribution in [2.45, 2.75) is 44.7 Å². The summed E-state index contributed by atoms with van der Waals surface area (Å²) in [5.41, 5.74) is 8.53. The van der Waals surface area contributed by atoms with E-state index in [9.17, 15) is 0 Å². The fourth-order valence-electron chi connectivity index (χ4n) is 3.12. The Morgan fingerprint density at radius 3 is 2.95 bits per heavy atom. The number of methoxy groups -OCH3 is 1. The maximum atomic E-state index is 5.67. The van der Waals surface area contributed by atoms with Gasteiger partial charge in [-0.1, -0.05) is 18.2 Å². The van der Waals surface area contributed by atoms with Crippen molar-refractivity contribution >= 4 is 5.69 Å². The van der Waals surface area contributed by atoms with Crippen molar-refractivity contribution in [3.05, 3.63) is 29.8 Å². The summed E-state index contributed by atoms with van der Waals surface area (Å²) in [6, 6.07) is 9.78. The molecule has 0 bridgehead atoms. The van der Waals surface area contributed by atoms with E-state index in [2.05, 4.69) is 36.1 Å². The van der Waals surface area contributed by atoms with E-state index in [0.717, 1.165) is 26.0 Å². The lowest BCUT2D eigenvalue weighted by atomic mass is 9.94. The molecule has 1 aromatic carbocycles. The number of fused-ring (bicyclic) bond motifs is 1. The van der Waals surface area contributed by atoms with Gasteiger partial charge in [0.25, 0.3) is 0 Å². The molecule has 1 aromatic rings. The number of anilines is 1. The van der Waals surface area contributed by atoms with Crippen molar-refractivity contribution in [3.63, 3.8) is 0 Å². The molecule has 1 heterocycles. The summed E-state index contributed by atoms with van der Waals surface area (Å²) in [5, 5.41) is 0. The van der Waals surface area contributed by atoms with Crippen LogP contribution in [0.5, 0.6) is 0 Å². The topological polar surface area (TPSA) is 38.5 Å². The van der Waals surface area contributed by atoms with Crippen LogP contribution in [0.4, 0.5) is 5.69 Å². The van der Waals surface area contributed by atoms with Crippen molar-refractivity contribution < 1.29 is 4.74 Å². The third-order valence-corrected chi connectivity index (χ3v) is 4.07. The number of nitrogens with zero attached hydrogens (tertiary/aromatic N) is 1. The molecule has 0 saturated heterocycles. The zero-order chi connectivity index (χ0) is 13.7. The van der Waals surface area contributed by atoms with E-state index in [1.807, 2.05) is 0 Å². The highest BCUT2D eigenvalue weighted by atomic mass is 16.5. The predicted octanol–water partition coefficient (Wildman–Crippen LogP) is 2.58. The Balaban J connectivity index is 2.23. The Hall–Kier alpha value is -1.06. The second-order valence-electron chi connectivity index (χ2n) is 5.46. The molecule has 0 amide bonds. The van der Waals surface area contributed by atoms with Gasteiger partial charge in [-0.15, -0.1) is 0 Å². The smallest absolute Gasteiger partial charge is 0.0666 e. The van der Waals surface area contributed by atoms with Crippen LogP contribution in [0.1, 0.15) is 31.7 Å². The maximum Gasteiger partial charge on any atom is 0.0666 e. The van der Waals surface area contributed by atoms with Gasteiger partial charge in [-0.05, 0) is 50.8 Å². The summed E-state index contributed by atoms with van der Waals surface area (Å²) >= 11 is 0. The number of aryl methyl sites for hydroxylation is 1. The molecule has 2 rings (SSSR count). The highest BCUT2D eigenvalue weighted by Gasteiger charge is 2.28. The van der Waals surface area contributed by atoms with E-state index < -0.39 is 0 Å². The van der Waals surface area contributed by atoms with Gasteiger partial charge in [0.2, 0.25) is 0 Å². The first-order valence-electron chi connectivity index (χ1n) is 7.33. The summed E-state index contributed by atoms with van der Waals surface area (Å²) in [5.74, 6) is 0. The summed E-state index contributed by atoms with van der Waals surface area (Å²) in [6.07, 6.45) is 4.56.